The van der Waals surface area contributed by atoms with Crippen LogP contribution in [0.4, 0.5) is 9.59 Å². The maximum absolute atomic E-state index is 14.3. The van der Waals surface area contributed by atoms with Crippen LogP contribution in [0.1, 0.15) is 52.5 Å². The van der Waals surface area contributed by atoms with Crippen LogP contribution in [0, 0.1) is 11.3 Å². The number of methoxy groups -OCH3 is 1. The summed E-state index contributed by atoms with van der Waals surface area (Å²) in [4.78, 5) is 26.2. The number of ether oxygens (including phenoxy) is 4. The van der Waals surface area contributed by atoms with Gasteiger partial charge < -0.3 is 34.5 Å². The smallest absolute Gasteiger partial charge is 0.407 e. The van der Waals surface area contributed by atoms with Gasteiger partial charge in [-0.15, -0.1) is 0 Å². The zero-order chi connectivity index (χ0) is 35.8. The number of carbonyl (C=O) groups is 2. The summed E-state index contributed by atoms with van der Waals surface area (Å²) in [6.07, 6.45) is -2.09. The van der Waals surface area contributed by atoms with Crippen molar-refractivity contribution >= 4 is 22.2 Å². The number of aliphatic hydroxyl groups is 1. The zero-order valence-corrected chi connectivity index (χ0v) is 29.8. The molecule has 0 unspecified atom stereocenters. The topological polar surface area (TPSA) is 164 Å². The van der Waals surface area contributed by atoms with E-state index in [9.17, 15) is 28.2 Å². The van der Waals surface area contributed by atoms with Gasteiger partial charge in [-0.1, -0.05) is 50.2 Å². The zero-order valence-electron chi connectivity index (χ0n) is 29.0. The Balaban J connectivity index is 1.64. The van der Waals surface area contributed by atoms with Crippen molar-refractivity contribution in [3.63, 3.8) is 0 Å². The maximum Gasteiger partial charge on any atom is 0.407 e. The van der Waals surface area contributed by atoms with E-state index in [-0.39, 0.29) is 43.0 Å². The van der Waals surface area contributed by atoms with Crippen molar-refractivity contribution in [3.05, 3.63) is 60.2 Å². The van der Waals surface area contributed by atoms with Crippen molar-refractivity contribution in [3.8, 4) is 5.75 Å². The first-order chi connectivity index (χ1) is 23.2. The molecule has 2 saturated heterocycles. The molecule has 2 aromatic rings. The van der Waals surface area contributed by atoms with Crippen LogP contribution in [0.25, 0.3) is 0 Å². The molecule has 5 atom stereocenters. The molecule has 0 bridgehead atoms. The van der Waals surface area contributed by atoms with Crippen molar-refractivity contribution in [2.24, 2.45) is 11.3 Å². The SMILES string of the molecule is COc1cccc(S(=O)(=O)N(C[C@@H](O)[C@H](Cc2ccccc2)N(C(=O)O)[C@H]2CO[C@H]3OCC[C@H]32)CC(C)(C)CCCNC(=O)OC(C)C)c1. The lowest BCUT2D eigenvalue weighted by Gasteiger charge is -2.40. The summed E-state index contributed by atoms with van der Waals surface area (Å²) in [5.41, 5.74) is 0.187. The summed E-state index contributed by atoms with van der Waals surface area (Å²) in [6, 6.07) is 13.8. The minimum atomic E-state index is -4.21. The van der Waals surface area contributed by atoms with Crippen molar-refractivity contribution in [1.82, 2.24) is 14.5 Å². The minimum Gasteiger partial charge on any atom is -0.497 e. The summed E-state index contributed by atoms with van der Waals surface area (Å²) >= 11 is 0. The van der Waals surface area contributed by atoms with E-state index in [1.165, 1.54) is 28.4 Å². The Morgan fingerprint density at radius 2 is 1.84 bits per heavy atom. The summed E-state index contributed by atoms with van der Waals surface area (Å²) in [7, 11) is -2.76. The molecule has 0 aliphatic carbocycles. The Morgan fingerprint density at radius 3 is 2.51 bits per heavy atom. The Labute approximate surface area is 289 Å². The number of amides is 2. The van der Waals surface area contributed by atoms with Crippen molar-refractivity contribution in [2.45, 2.75) is 88.9 Å². The number of hydrogen-bond donors (Lipinski definition) is 3. The van der Waals surface area contributed by atoms with Crippen LogP contribution in [-0.4, -0.2) is 111 Å². The molecule has 2 aliphatic heterocycles. The van der Waals surface area contributed by atoms with Gasteiger partial charge in [0.2, 0.25) is 10.0 Å². The lowest BCUT2D eigenvalue weighted by atomic mass is 9.87. The molecule has 2 fully saturated rings. The standard InChI is InChI=1S/C35H51N3O10S/c1-24(2)48-33(40)36-17-10-16-35(3,4)23-37(49(43,44)27-14-9-13-26(20-27)45-5)21-31(39)29(19-25-11-7-6-8-12-25)38(34(41)42)30-22-47-32-28(30)15-18-46-32/h6-9,11-14,20,24,28-32,39H,10,15-19,21-23H2,1-5H3,(H,36,40)(H,41,42)/t28-,29-,30-,31+,32+/m0/s1. The first-order valence-electron chi connectivity index (χ1n) is 16.8. The molecule has 0 saturated carbocycles. The first kappa shape index (κ1) is 38.4. The second-order valence-corrected chi connectivity index (χ2v) is 15.7. The Morgan fingerprint density at radius 1 is 1.10 bits per heavy atom. The van der Waals surface area contributed by atoms with Gasteiger partial charge in [0.1, 0.15) is 5.75 Å². The van der Waals surface area contributed by atoms with Gasteiger partial charge in [-0.3, -0.25) is 4.90 Å². The Bertz CT molecular complexity index is 1490. The molecule has 272 valence electrons. The summed E-state index contributed by atoms with van der Waals surface area (Å²) in [5.74, 6) is 0.150. The second-order valence-electron chi connectivity index (χ2n) is 13.7. The maximum atomic E-state index is 14.3. The van der Waals surface area contributed by atoms with E-state index in [2.05, 4.69) is 5.32 Å². The highest BCUT2D eigenvalue weighted by Gasteiger charge is 2.49. The molecule has 0 aromatic heterocycles. The van der Waals surface area contributed by atoms with Gasteiger partial charge >= 0.3 is 12.2 Å². The average Bonchev–Trinajstić information content (AvgIpc) is 3.67. The highest BCUT2D eigenvalue weighted by Crippen LogP contribution is 2.36. The lowest BCUT2D eigenvalue weighted by molar-refractivity contribution is -0.0906. The van der Waals surface area contributed by atoms with E-state index in [0.29, 0.717) is 38.2 Å². The number of fused-ring (bicyclic) bond motifs is 1. The molecule has 2 heterocycles. The van der Waals surface area contributed by atoms with Gasteiger partial charge in [-0.05, 0) is 62.6 Å². The van der Waals surface area contributed by atoms with Gasteiger partial charge in [0.15, 0.2) is 6.29 Å². The number of carbonyl (C=O) groups excluding carboxylic acids is 1. The molecule has 2 amide bonds. The van der Waals surface area contributed by atoms with Crippen LogP contribution < -0.4 is 10.1 Å². The number of nitrogens with one attached hydrogen (secondary N) is 1. The number of hydrogen-bond acceptors (Lipinski definition) is 9. The number of rotatable bonds is 17. The summed E-state index contributed by atoms with van der Waals surface area (Å²) in [6.45, 7) is 7.88. The Hall–Kier alpha value is -3.43. The van der Waals surface area contributed by atoms with Crippen LogP contribution >= 0.6 is 0 Å². The third kappa shape index (κ3) is 10.3. The molecule has 49 heavy (non-hydrogen) atoms. The molecular weight excluding hydrogens is 654 g/mol. The van der Waals surface area contributed by atoms with Gasteiger partial charge in [0.05, 0.1) is 49.5 Å². The monoisotopic (exact) mass is 705 g/mol. The highest BCUT2D eigenvalue weighted by atomic mass is 32.2. The first-order valence-corrected chi connectivity index (χ1v) is 18.2. The minimum absolute atomic E-state index is 0.0102. The van der Waals surface area contributed by atoms with E-state index < -0.39 is 52.1 Å². The average molecular weight is 706 g/mol. The fourth-order valence-corrected chi connectivity index (χ4v) is 8.27. The van der Waals surface area contributed by atoms with E-state index in [0.717, 1.165) is 5.56 Å². The largest absolute Gasteiger partial charge is 0.497 e. The predicted octanol–water partition coefficient (Wildman–Crippen LogP) is 4.34. The molecule has 2 aromatic carbocycles. The van der Waals surface area contributed by atoms with Gasteiger partial charge in [0.25, 0.3) is 0 Å². The second kappa shape index (κ2) is 17.0. The van der Waals surface area contributed by atoms with E-state index in [1.807, 2.05) is 44.2 Å². The van der Waals surface area contributed by atoms with Gasteiger partial charge in [-0.25, -0.2) is 18.0 Å². The van der Waals surface area contributed by atoms with Crippen LogP contribution in [0.15, 0.2) is 59.5 Å². The lowest BCUT2D eigenvalue weighted by Crippen LogP contribution is -2.58. The number of sulfonamides is 1. The van der Waals surface area contributed by atoms with E-state index in [4.69, 9.17) is 18.9 Å². The van der Waals surface area contributed by atoms with Crippen molar-refractivity contribution < 1.29 is 47.2 Å². The normalized spacial score (nSPS) is 20.5. The number of alkyl carbamates (subject to hydrolysis) is 1. The molecule has 14 heteroatoms. The highest BCUT2D eigenvalue weighted by molar-refractivity contribution is 7.89. The van der Waals surface area contributed by atoms with Crippen molar-refractivity contribution in [2.75, 3.05) is 40.0 Å². The number of benzene rings is 2. The molecule has 0 spiro atoms. The number of carboxylic acid groups (broad SMARTS) is 1. The summed E-state index contributed by atoms with van der Waals surface area (Å²) < 4.78 is 51.8. The molecule has 4 rings (SSSR count). The third-order valence-corrected chi connectivity index (χ3v) is 10.8. The fourth-order valence-electron chi connectivity index (χ4n) is 6.59. The molecule has 2 aliphatic rings. The van der Waals surface area contributed by atoms with Crippen LogP contribution in [-0.2, 0) is 30.7 Å². The molecular formula is C35H51N3O10S. The van der Waals surface area contributed by atoms with Gasteiger partial charge in [0, 0.05) is 31.6 Å². The molecule has 3 N–H and O–H groups in total. The molecule has 0 radical (unpaired) electrons. The fraction of sp³-hybridized carbons (Fsp3) is 0.600. The number of nitrogens with zero attached hydrogens (tertiary/aromatic N) is 2. The molecule has 13 nitrogen and oxygen atoms in total. The quantitative estimate of drug-likeness (QED) is 0.202. The van der Waals surface area contributed by atoms with Crippen LogP contribution in [0.3, 0.4) is 0 Å². The third-order valence-electron chi connectivity index (χ3n) is 8.99. The van der Waals surface area contributed by atoms with Crippen LogP contribution in [0.2, 0.25) is 0 Å². The van der Waals surface area contributed by atoms with Crippen LogP contribution in [0.5, 0.6) is 5.75 Å². The number of aliphatic hydroxyl groups excluding tert-OH is 1. The van der Waals surface area contributed by atoms with E-state index >= 15 is 0 Å². The van der Waals surface area contributed by atoms with Crippen molar-refractivity contribution in [1.29, 1.82) is 0 Å². The predicted molar refractivity (Wildman–Crippen MR) is 182 cm³/mol. The Kier molecular flexibility index (Phi) is 13.3. The van der Waals surface area contributed by atoms with Gasteiger partial charge in [-0.2, -0.15) is 4.31 Å². The summed E-state index contributed by atoms with van der Waals surface area (Å²) in [5, 5.41) is 25.4. The van der Waals surface area contributed by atoms with E-state index in [1.54, 1.807) is 26.0 Å².